The number of epoxide rings is 1. The Balaban J connectivity index is 1.75. The van der Waals surface area contributed by atoms with Crippen LogP contribution in [0.4, 0.5) is 0 Å². The van der Waals surface area contributed by atoms with E-state index in [0.717, 1.165) is 6.61 Å². The second kappa shape index (κ2) is 1.88. The second-order valence-corrected chi connectivity index (χ2v) is 5.06. The third-order valence-corrected chi connectivity index (χ3v) is 3.89. The average molecular weight is 168 g/mol. The van der Waals surface area contributed by atoms with Crippen molar-refractivity contribution in [2.45, 2.75) is 50.4 Å². The Hall–Kier alpha value is -0.0800. The minimum absolute atomic E-state index is 0.187. The molecule has 1 aliphatic carbocycles. The molecular weight excluding hydrogens is 152 g/mol. The summed E-state index contributed by atoms with van der Waals surface area (Å²) in [6.45, 7) is 5.41. The van der Waals surface area contributed by atoms with Crippen LogP contribution >= 0.6 is 0 Å². The van der Waals surface area contributed by atoms with Gasteiger partial charge in [0.05, 0.1) is 23.9 Å². The summed E-state index contributed by atoms with van der Waals surface area (Å²) in [6.07, 6.45) is 4.30. The van der Waals surface area contributed by atoms with E-state index in [-0.39, 0.29) is 11.2 Å². The molecule has 2 heteroatoms. The third-order valence-electron chi connectivity index (χ3n) is 3.89. The summed E-state index contributed by atoms with van der Waals surface area (Å²) in [5.41, 5.74) is 0.429. The van der Waals surface area contributed by atoms with Crippen molar-refractivity contribution in [2.75, 3.05) is 6.61 Å². The first-order valence-corrected chi connectivity index (χ1v) is 4.93. The summed E-state index contributed by atoms with van der Waals surface area (Å²) in [7, 11) is 0. The summed E-state index contributed by atoms with van der Waals surface area (Å²) in [6, 6.07) is 0. The normalized spacial score (nSPS) is 62.5. The SMILES string of the molecule is CC12CC[C@@H](C3(C)CO3)C(C1)O2. The molecule has 1 saturated carbocycles. The van der Waals surface area contributed by atoms with Gasteiger partial charge < -0.3 is 9.47 Å². The highest BCUT2D eigenvalue weighted by atomic mass is 16.6. The van der Waals surface area contributed by atoms with Crippen LogP contribution in [-0.2, 0) is 9.47 Å². The van der Waals surface area contributed by atoms with Crippen LogP contribution in [0, 0.1) is 5.92 Å². The van der Waals surface area contributed by atoms with Crippen LogP contribution in [0.25, 0.3) is 0 Å². The fourth-order valence-electron chi connectivity index (χ4n) is 2.84. The Bertz CT molecular complexity index is 208. The molecule has 2 nitrogen and oxygen atoms in total. The van der Waals surface area contributed by atoms with E-state index in [0.29, 0.717) is 12.0 Å². The minimum Gasteiger partial charge on any atom is -0.371 e. The van der Waals surface area contributed by atoms with Crippen molar-refractivity contribution in [1.29, 1.82) is 0 Å². The minimum atomic E-state index is 0.187. The zero-order valence-corrected chi connectivity index (χ0v) is 7.80. The van der Waals surface area contributed by atoms with Crippen molar-refractivity contribution in [1.82, 2.24) is 0 Å². The van der Waals surface area contributed by atoms with E-state index in [1.807, 2.05) is 0 Å². The van der Waals surface area contributed by atoms with Gasteiger partial charge in [-0.25, -0.2) is 0 Å². The lowest BCUT2D eigenvalue weighted by atomic mass is 9.68. The van der Waals surface area contributed by atoms with Crippen LogP contribution in [-0.4, -0.2) is 23.9 Å². The lowest BCUT2D eigenvalue weighted by molar-refractivity contribution is -0.257. The predicted molar refractivity (Wildman–Crippen MR) is 45.0 cm³/mol. The van der Waals surface area contributed by atoms with E-state index in [1.54, 1.807) is 0 Å². The topological polar surface area (TPSA) is 21.8 Å². The molecule has 3 aliphatic heterocycles. The van der Waals surface area contributed by atoms with Gasteiger partial charge >= 0.3 is 0 Å². The molecule has 12 heavy (non-hydrogen) atoms. The maximum Gasteiger partial charge on any atom is 0.0941 e. The fraction of sp³-hybridized carbons (Fsp3) is 1.00. The number of rotatable bonds is 1. The third kappa shape index (κ3) is 0.826. The molecule has 0 spiro atoms. The second-order valence-electron chi connectivity index (χ2n) is 5.06. The van der Waals surface area contributed by atoms with E-state index in [9.17, 15) is 0 Å². The highest BCUT2D eigenvalue weighted by Gasteiger charge is 2.59. The quantitative estimate of drug-likeness (QED) is 0.556. The molecule has 4 aliphatic rings. The molecule has 0 aromatic heterocycles. The van der Waals surface area contributed by atoms with E-state index >= 15 is 0 Å². The van der Waals surface area contributed by atoms with Crippen molar-refractivity contribution in [3.05, 3.63) is 0 Å². The first kappa shape index (κ1) is 7.34. The van der Waals surface area contributed by atoms with Crippen LogP contribution in [0.3, 0.4) is 0 Å². The average Bonchev–Trinajstić information content (AvgIpc) is 2.67. The van der Waals surface area contributed by atoms with Gasteiger partial charge in [-0.1, -0.05) is 0 Å². The van der Waals surface area contributed by atoms with Gasteiger partial charge in [-0.3, -0.25) is 0 Å². The lowest BCUT2D eigenvalue weighted by Gasteiger charge is -2.55. The van der Waals surface area contributed by atoms with E-state index in [1.165, 1.54) is 19.3 Å². The van der Waals surface area contributed by atoms with E-state index < -0.39 is 0 Å². The zero-order valence-electron chi connectivity index (χ0n) is 7.80. The van der Waals surface area contributed by atoms with Gasteiger partial charge in [-0.2, -0.15) is 0 Å². The lowest BCUT2D eigenvalue weighted by Crippen LogP contribution is -2.58. The molecule has 4 rings (SSSR count). The largest absolute Gasteiger partial charge is 0.371 e. The van der Waals surface area contributed by atoms with Crippen molar-refractivity contribution in [2.24, 2.45) is 5.92 Å². The Morgan fingerprint density at radius 3 is 2.42 bits per heavy atom. The Morgan fingerprint density at radius 1 is 1.33 bits per heavy atom. The fourth-order valence-corrected chi connectivity index (χ4v) is 2.84. The highest BCUT2D eigenvalue weighted by Crippen LogP contribution is 2.54. The summed E-state index contributed by atoms with van der Waals surface area (Å²) in [5.74, 6) is 0.680. The number of hydrogen-bond acceptors (Lipinski definition) is 2. The van der Waals surface area contributed by atoms with Gasteiger partial charge in [-0.05, 0) is 26.7 Å². The molecule has 68 valence electrons. The Kier molecular flexibility index (Phi) is 1.15. The van der Waals surface area contributed by atoms with Crippen molar-refractivity contribution >= 4 is 0 Å². The number of hydrogen-bond donors (Lipinski definition) is 0. The maximum atomic E-state index is 5.86. The van der Waals surface area contributed by atoms with Crippen molar-refractivity contribution < 1.29 is 9.47 Å². The summed E-state index contributed by atoms with van der Waals surface area (Å²) in [5, 5.41) is 0. The van der Waals surface area contributed by atoms with Crippen LogP contribution < -0.4 is 0 Å². The van der Waals surface area contributed by atoms with Gasteiger partial charge in [-0.15, -0.1) is 0 Å². The summed E-state index contributed by atoms with van der Waals surface area (Å²) in [4.78, 5) is 0. The molecule has 2 bridgehead atoms. The molecule has 3 unspecified atom stereocenters. The first-order valence-electron chi connectivity index (χ1n) is 4.93. The van der Waals surface area contributed by atoms with Crippen LogP contribution in [0.1, 0.15) is 33.1 Å². The van der Waals surface area contributed by atoms with Gasteiger partial charge in [0, 0.05) is 12.3 Å². The monoisotopic (exact) mass is 168 g/mol. The van der Waals surface area contributed by atoms with Gasteiger partial charge in [0.15, 0.2) is 0 Å². The Morgan fingerprint density at radius 2 is 2.00 bits per heavy atom. The molecular formula is C10H16O2. The van der Waals surface area contributed by atoms with E-state index in [4.69, 9.17) is 9.47 Å². The predicted octanol–water partition coefficient (Wildman–Crippen LogP) is 1.73. The van der Waals surface area contributed by atoms with Crippen LogP contribution in [0.2, 0.25) is 0 Å². The molecule has 0 radical (unpaired) electrons. The summed E-state index contributed by atoms with van der Waals surface area (Å²) < 4.78 is 11.3. The molecule has 3 heterocycles. The molecule has 4 fully saturated rings. The first-order chi connectivity index (χ1) is 5.61. The molecule has 0 aromatic carbocycles. The van der Waals surface area contributed by atoms with Crippen LogP contribution in [0.5, 0.6) is 0 Å². The molecule has 0 N–H and O–H groups in total. The zero-order chi connectivity index (χ0) is 8.40. The van der Waals surface area contributed by atoms with Crippen molar-refractivity contribution in [3.63, 3.8) is 0 Å². The Labute approximate surface area is 73.2 Å². The number of fused-ring (bicyclic) bond motifs is 2. The van der Waals surface area contributed by atoms with Crippen molar-refractivity contribution in [3.8, 4) is 0 Å². The smallest absolute Gasteiger partial charge is 0.0941 e. The molecule has 4 atom stereocenters. The maximum absolute atomic E-state index is 5.86. The van der Waals surface area contributed by atoms with Crippen LogP contribution in [0.15, 0.2) is 0 Å². The molecule has 0 amide bonds. The van der Waals surface area contributed by atoms with Gasteiger partial charge in [0.1, 0.15) is 0 Å². The van der Waals surface area contributed by atoms with E-state index in [2.05, 4.69) is 13.8 Å². The molecule has 0 aromatic rings. The van der Waals surface area contributed by atoms with Gasteiger partial charge in [0.25, 0.3) is 0 Å². The highest BCUT2D eigenvalue weighted by molar-refractivity contribution is 5.07. The molecule has 3 saturated heterocycles. The standard InChI is InChI=1S/C10H16O2/c1-9-4-3-7(8(5-9)12-9)10(2)6-11-10/h7-8H,3-6H2,1-2H3/t7-,8?,9?,10?/m1/s1. The summed E-state index contributed by atoms with van der Waals surface area (Å²) >= 11 is 0. The number of ether oxygens (including phenoxy) is 2. The van der Waals surface area contributed by atoms with Gasteiger partial charge in [0.2, 0.25) is 0 Å².